The Labute approximate surface area is 172 Å². The molecule has 0 radical (unpaired) electrons. The molecule has 0 unspecified atom stereocenters. The minimum Gasteiger partial charge on any atom is -0.484 e. The van der Waals surface area contributed by atoms with E-state index in [-0.39, 0.29) is 31.4 Å². The summed E-state index contributed by atoms with van der Waals surface area (Å²) in [6, 6.07) is 7.81. The maximum absolute atomic E-state index is 12.1. The highest BCUT2D eigenvalue weighted by Gasteiger charge is 2.10. The monoisotopic (exact) mass is 423 g/mol. The quantitative estimate of drug-likeness (QED) is 0.575. The standard InChI is InChI=1S/C19H19Cl2N3O4/c1-12(24-19(27)17-8-13(10-25)5-7-22-17)4-6-23-18(26)11-28-14-2-3-15(20)16(21)9-14/h2-3,5,7-9,25H,1,4,6,10-11H2,(H,23,26)(H,24,27). The van der Waals surface area contributed by atoms with E-state index in [4.69, 9.17) is 33.0 Å². The molecule has 7 nitrogen and oxygen atoms in total. The number of rotatable bonds is 9. The molecule has 2 amide bonds. The first-order valence-corrected chi connectivity index (χ1v) is 9.04. The van der Waals surface area contributed by atoms with Crippen molar-refractivity contribution in [2.75, 3.05) is 13.2 Å². The Morgan fingerprint density at radius 1 is 1.18 bits per heavy atom. The minimum absolute atomic E-state index is 0.173. The fourth-order valence-corrected chi connectivity index (χ4v) is 2.39. The Hall–Kier alpha value is -2.61. The van der Waals surface area contributed by atoms with E-state index in [0.717, 1.165) is 0 Å². The summed E-state index contributed by atoms with van der Waals surface area (Å²) in [4.78, 5) is 27.9. The Morgan fingerprint density at radius 2 is 1.96 bits per heavy atom. The molecule has 3 N–H and O–H groups in total. The SMILES string of the molecule is C=C(CCNC(=O)COc1ccc(Cl)c(Cl)c1)NC(=O)c1cc(CO)ccn1. The average molecular weight is 424 g/mol. The summed E-state index contributed by atoms with van der Waals surface area (Å²) in [6.45, 7) is 3.66. The van der Waals surface area contributed by atoms with Gasteiger partial charge in [0, 0.05) is 30.9 Å². The zero-order chi connectivity index (χ0) is 20.5. The van der Waals surface area contributed by atoms with Gasteiger partial charge in [-0.3, -0.25) is 14.6 Å². The molecular formula is C19H19Cl2N3O4. The Bertz CT molecular complexity index is 874. The molecule has 0 atom stereocenters. The molecule has 0 aliphatic carbocycles. The van der Waals surface area contributed by atoms with Gasteiger partial charge >= 0.3 is 0 Å². The van der Waals surface area contributed by atoms with Crippen LogP contribution >= 0.6 is 23.2 Å². The van der Waals surface area contributed by atoms with Crippen molar-refractivity contribution in [3.63, 3.8) is 0 Å². The molecule has 0 aliphatic rings. The highest BCUT2D eigenvalue weighted by Crippen LogP contribution is 2.26. The Kier molecular flexibility index (Phi) is 8.25. The zero-order valence-electron chi connectivity index (χ0n) is 14.9. The topological polar surface area (TPSA) is 101 Å². The van der Waals surface area contributed by atoms with Gasteiger partial charge in [0.05, 0.1) is 16.7 Å². The molecule has 9 heteroatoms. The molecule has 0 spiro atoms. The maximum Gasteiger partial charge on any atom is 0.273 e. The summed E-state index contributed by atoms with van der Waals surface area (Å²) in [5.74, 6) is -0.337. The first-order chi connectivity index (χ1) is 13.4. The van der Waals surface area contributed by atoms with E-state index in [1.807, 2.05) is 0 Å². The number of amides is 2. The van der Waals surface area contributed by atoms with Crippen LogP contribution < -0.4 is 15.4 Å². The molecule has 1 aromatic heterocycles. The highest BCUT2D eigenvalue weighted by molar-refractivity contribution is 6.42. The first kappa shape index (κ1) is 21.7. The molecule has 2 aromatic rings. The third kappa shape index (κ3) is 6.84. The van der Waals surface area contributed by atoms with Crippen molar-refractivity contribution >= 4 is 35.0 Å². The molecule has 0 bridgehead atoms. The number of nitrogens with zero attached hydrogens (tertiary/aromatic N) is 1. The predicted octanol–water partition coefficient (Wildman–Crippen LogP) is 2.71. The predicted molar refractivity (Wildman–Crippen MR) is 106 cm³/mol. The lowest BCUT2D eigenvalue weighted by atomic mass is 10.2. The third-order valence-corrected chi connectivity index (χ3v) is 4.28. The van der Waals surface area contributed by atoms with Gasteiger partial charge in [0.25, 0.3) is 11.8 Å². The van der Waals surface area contributed by atoms with E-state index in [9.17, 15) is 9.59 Å². The van der Waals surface area contributed by atoms with E-state index >= 15 is 0 Å². The molecule has 148 valence electrons. The van der Waals surface area contributed by atoms with E-state index in [0.29, 0.717) is 33.5 Å². The van der Waals surface area contributed by atoms with Crippen molar-refractivity contribution in [3.8, 4) is 5.75 Å². The smallest absolute Gasteiger partial charge is 0.273 e. The van der Waals surface area contributed by atoms with Crippen molar-refractivity contribution in [3.05, 3.63) is 70.1 Å². The van der Waals surface area contributed by atoms with Crippen LogP contribution in [0.15, 0.2) is 48.8 Å². The van der Waals surface area contributed by atoms with E-state index in [1.165, 1.54) is 18.3 Å². The van der Waals surface area contributed by atoms with Gasteiger partial charge in [0.15, 0.2) is 6.61 Å². The van der Waals surface area contributed by atoms with Crippen molar-refractivity contribution < 1.29 is 19.4 Å². The molecule has 0 fully saturated rings. The van der Waals surface area contributed by atoms with Crippen LogP contribution in [0.1, 0.15) is 22.5 Å². The van der Waals surface area contributed by atoms with Crippen LogP contribution in [0, 0.1) is 0 Å². The summed E-state index contributed by atoms with van der Waals surface area (Å²) in [5.41, 5.74) is 1.18. The van der Waals surface area contributed by atoms with Crippen LogP contribution in [0.25, 0.3) is 0 Å². The summed E-state index contributed by atoms with van der Waals surface area (Å²) in [5, 5.41) is 15.1. The van der Waals surface area contributed by atoms with Gasteiger partial charge in [-0.25, -0.2) is 0 Å². The molecular weight excluding hydrogens is 405 g/mol. The van der Waals surface area contributed by atoms with Gasteiger partial charge < -0.3 is 20.5 Å². The number of nitrogens with one attached hydrogen (secondary N) is 2. The number of aromatic nitrogens is 1. The van der Waals surface area contributed by atoms with Crippen LogP contribution in [-0.4, -0.2) is 35.1 Å². The number of ether oxygens (including phenoxy) is 1. The fourth-order valence-electron chi connectivity index (χ4n) is 2.10. The van der Waals surface area contributed by atoms with Gasteiger partial charge in [-0.2, -0.15) is 0 Å². The van der Waals surface area contributed by atoms with Crippen molar-refractivity contribution in [2.45, 2.75) is 13.0 Å². The fraction of sp³-hybridized carbons (Fsp3) is 0.211. The van der Waals surface area contributed by atoms with E-state index in [2.05, 4.69) is 22.2 Å². The van der Waals surface area contributed by atoms with Gasteiger partial charge in [-0.15, -0.1) is 0 Å². The van der Waals surface area contributed by atoms with Crippen molar-refractivity contribution in [1.29, 1.82) is 0 Å². The lowest BCUT2D eigenvalue weighted by Gasteiger charge is -2.10. The largest absolute Gasteiger partial charge is 0.484 e. The number of carbonyl (C=O) groups excluding carboxylic acids is 2. The molecule has 1 aromatic carbocycles. The number of pyridine rings is 1. The normalized spacial score (nSPS) is 10.2. The van der Waals surface area contributed by atoms with Crippen LogP contribution in [-0.2, 0) is 11.4 Å². The van der Waals surface area contributed by atoms with Gasteiger partial charge in [-0.05, 0) is 29.8 Å². The third-order valence-electron chi connectivity index (χ3n) is 3.54. The summed E-state index contributed by atoms with van der Waals surface area (Å²) < 4.78 is 5.33. The second kappa shape index (κ2) is 10.7. The molecule has 0 saturated heterocycles. The Balaban J connectivity index is 1.70. The van der Waals surface area contributed by atoms with Crippen LogP contribution in [0.2, 0.25) is 10.0 Å². The molecule has 28 heavy (non-hydrogen) atoms. The number of aliphatic hydroxyl groups is 1. The van der Waals surface area contributed by atoms with Gasteiger partial charge in [0.1, 0.15) is 11.4 Å². The number of hydrogen-bond acceptors (Lipinski definition) is 5. The lowest BCUT2D eigenvalue weighted by Crippen LogP contribution is -2.31. The van der Waals surface area contributed by atoms with Crippen molar-refractivity contribution in [1.82, 2.24) is 15.6 Å². The maximum atomic E-state index is 12.1. The first-order valence-electron chi connectivity index (χ1n) is 8.28. The average Bonchev–Trinajstić information content (AvgIpc) is 2.68. The lowest BCUT2D eigenvalue weighted by molar-refractivity contribution is -0.123. The number of aliphatic hydroxyl groups excluding tert-OH is 1. The number of benzene rings is 1. The minimum atomic E-state index is -0.436. The zero-order valence-corrected chi connectivity index (χ0v) is 16.4. The van der Waals surface area contributed by atoms with E-state index in [1.54, 1.807) is 18.2 Å². The summed E-state index contributed by atoms with van der Waals surface area (Å²) >= 11 is 11.7. The van der Waals surface area contributed by atoms with Crippen LogP contribution in [0.5, 0.6) is 5.75 Å². The highest BCUT2D eigenvalue weighted by atomic mass is 35.5. The second-order valence-electron chi connectivity index (χ2n) is 5.73. The number of hydrogen-bond donors (Lipinski definition) is 3. The number of halogens is 2. The number of carbonyl (C=O) groups is 2. The van der Waals surface area contributed by atoms with Crippen LogP contribution in [0.3, 0.4) is 0 Å². The van der Waals surface area contributed by atoms with Gasteiger partial charge in [-0.1, -0.05) is 29.8 Å². The van der Waals surface area contributed by atoms with Gasteiger partial charge in [0.2, 0.25) is 0 Å². The Morgan fingerprint density at radius 3 is 2.68 bits per heavy atom. The molecule has 0 saturated carbocycles. The van der Waals surface area contributed by atoms with Crippen LogP contribution in [0.4, 0.5) is 0 Å². The molecule has 0 aliphatic heterocycles. The summed E-state index contributed by atoms with van der Waals surface area (Å²) in [7, 11) is 0. The molecule has 2 rings (SSSR count). The van der Waals surface area contributed by atoms with E-state index < -0.39 is 5.91 Å². The molecule has 1 heterocycles. The van der Waals surface area contributed by atoms with Crippen molar-refractivity contribution in [2.24, 2.45) is 0 Å². The second-order valence-corrected chi connectivity index (χ2v) is 6.54. The summed E-state index contributed by atoms with van der Waals surface area (Å²) in [6.07, 6.45) is 1.78.